The van der Waals surface area contributed by atoms with Gasteiger partial charge in [-0.3, -0.25) is 25.3 Å². The molecule has 0 bridgehead atoms. The molecule has 8 heteroatoms. The van der Waals surface area contributed by atoms with Crippen molar-refractivity contribution in [3.63, 3.8) is 0 Å². The number of hydrazine groups is 1. The number of thiophene rings is 1. The second-order valence-electron chi connectivity index (χ2n) is 4.77. The topological polar surface area (TPSA) is 82.7 Å². The van der Waals surface area contributed by atoms with Crippen LogP contribution in [-0.4, -0.2) is 62.7 Å². The van der Waals surface area contributed by atoms with Crippen molar-refractivity contribution < 1.29 is 14.3 Å². The minimum atomic E-state index is -0.298. The summed E-state index contributed by atoms with van der Waals surface area (Å²) in [7, 11) is 1.87. The molecule has 7 nitrogen and oxygen atoms in total. The summed E-state index contributed by atoms with van der Waals surface area (Å²) >= 11 is 1.33. The summed E-state index contributed by atoms with van der Waals surface area (Å²) in [6, 6.07) is 3.49. The lowest BCUT2D eigenvalue weighted by molar-refractivity contribution is -0.125. The molecule has 21 heavy (non-hydrogen) atoms. The Morgan fingerprint density at radius 1 is 1.48 bits per heavy atom. The molecule has 0 saturated carbocycles. The van der Waals surface area contributed by atoms with Crippen molar-refractivity contribution >= 4 is 23.2 Å². The maximum atomic E-state index is 11.8. The van der Waals surface area contributed by atoms with Crippen LogP contribution in [0.25, 0.3) is 0 Å². The van der Waals surface area contributed by atoms with Crippen LogP contribution in [0.4, 0.5) is 0 Å². The summed E-state index contributed by atoms with van der Waals surface area (Å²) in [4.78, 5) is 26.1. The first-order valence-electron chi connectivity index (χ1n) is 6.80. The molecule has 1 atom stereocenters. The number of rotatable bonds is 5. The monoisotopic (exact) mass is 312 g/mol. The fraction of sp³-hybridized carbons (Fsp3) is 0.538. The summed E-state index contributed by atoms with van der Waals surface area (Å²) in [5.41, 5.74) is 4.85. The molecule has 0 radical (unpaired) electrons. The van der Waals surface area contributed by atoms with Crippen molar-refractivity contribution in [2.75, 3.05) is 39.8 Å². The third-order valence-electron chi connectivity index (χ3n) is 3.08. The number of nitrogens with one attached hydrogen (secondary N) is 3. The summed E-state index contributed by atoms with van der Waals surface area (Å²) in [6.45, 7) is 3.03. The van der Waals surface area contributed by atoms with Crippen molar-refractivity contribution in [3.8, 4) is 0 Å². The zero-order valence-electron chi connectivity index (χ0n) is 11.9. The minimum Gasteiger partial charge on any atom is -0.374 e. The van der Waals surface area contributed by atoms with Crippen molar-refractivity contribution in [2.45, 2.75) is 6.10 Å². The van der Waals surface area contributed by atoms with E-state index in [4.69, 9.17) is 4.74 Å². The lowest BCUT2D eigenvalue weighted by Crippen LogP contribution is -2.51. The first-order valence-corrected chi connectivity index (χ1v) is 7.68. The van der Waals surface area contributed by atoms with Gasteiger partial charge < -0.3 is 10.1 Å². The molecule has 0 aliphatic carbocycles. The Bertz CT molecular complexity index is 464. The molecule has 1 saturated heterocycles. The number of amides is 2. The van der Waals surface area contributed by atoms with Gasteiger partial charge in [0.2, 0.25) is 0 Å². The molecular weight excluding hydrogens is 292 g/mol. The Morgan fingerprint density at radius 2 is 2.33 bits per heavy atom. The Hall–Kier alpha value is -1.48. The van der Waals surface area contributed by atoms with E-state index in [0.29, 0.717) is 24.6 Å². The van der Waals surface area contributed by atoms with Gasteiger partial charge in [0, 0.05) is 19.6 Å². The van der Waals surface area contributed by atoms with E-state index in [1.54, 1.807) is 12.1 Å². The lowest BCUT2D eigenvalue weighted by atomic mass is 10.2. The zero-order chi connectivity index (χ0) is 15.1. The Kier molecular flexibility index (Phi) is 6.12. The van der Waals surface area contributed by atoms with Gasteiger partial charge in [-0.2, -0.15) is 0 Å². The molecule has 0 aromatic carbocycles. The van der Waals surface area contributed by atoms with Crippen LogP contribution in [-0.2, 0) is 9.53 Å². The Labute approximate surface area is 127 Å². The number of hydrogen-bond acceptors (Lipinski definition) is 6. The SMILES string of the molecule is CNCC1CN(CC(=O)NNC(=O)c2cccs2)CCO1. The van der Waals surface area contributed by atoms with Crippen molar-refractivity contribution in [3.05, 3.63) is 22.4 Å². The van der Waals surface area contributed by atoms with E-state index in [1.807, 2.05) is 17.3 Å². The fourth-order valence-corrected chi connectivity index (χ4v) is 2.73. The number of likely N-dealkylation sites (N-methyl/N-ethyl adjacent to an activating group) is 1. The van der Waals surface area contributed by atoms with E-state index in [2.05, 4.69) is 16.2 Å². The van der Waals surface area contributed by atoms with E-state index in [0.717, 1.165) is 6.54 Å². The van der Waals surface area contributed by atoms with Crippen molar-refractivity contribution in [2.24, 2.45) is 0 Å². The van der Waals surface area contributed by atoms with Crippen molar-refractivity contribution in [1.29, 1.82) is 0 Å². The summed E-state index contributed by atoms with van der Waals surface area (Å²) < 4.78 is 5.57. The quantitative estimate of drug-likeness (QED) is 0.634. The smallest absolute Gasteiger partial charge is 0.279 e. The number of morpholine rings is 1. The second kappa shape index (κ2) is 8.08. The third-order valence-corrected chi connectivity index (χ3v) is 3.95. The standard InChI is InChI=1S/C13H20N4O3S/c1-14-7-10-8-17(4-5-20-10)9-12(18)15-16-13(19)11-3-2-6-21-11/h2-3,6,10,14H,4-5,7-9H2,1H3,(H,15,18)(H,16,19). The Balaban J connectivity index is 1.70. The highest BCUT2D eigenvalue weighted by Crippen LogP contribution is 2.07. The highest BCUT2D eigenvalue weighted by atomic mass is 32.1. The second-order valence-corrected chi connectivity index (χ2v) is 5.71. The van der Waals surface area contributed by atoms with E-state index in [1.165, 1.54) is 11.3 Å². The van der Waals surface area contributed by atoms with Crippen LogP contribution in [0.3, 0.4) is 0 Å². The van der Waals surface area contributed by atoms with Gasteiger partial charge in [-0.25, -0.2) is 0 Å². The lowest BCUT2D eigenvalue weighted by Gasteiger charge is -2.32. The van der Waals surface area contributed by atoms with Crippen molar-refractivity contribution in [1.82, 2.24) is 21.1 Å². The zero-order valence-corrected chi connectivity index (χ0v) is 12.7. The molecule has 1 unspecified atom stereocenters. The number of carbonyl (C=O) groups excluding carboxylic acids is 2. The van der Waals surface area contributed by atoms with Gasteiger partial charge in [-0.05, 0) is 18.5 Å². The molecule has 2 amide bonds. The number of nitrogens with zero attached hydrogens (tertiary/aromatic N) is 1. The highest BCUT2D eigenvalue weighted by molar-refractivity contribution is 7.12. The predicted molar refractivity (Wildman–Crippen MR) is 80.0 cm³/mol. The van der Waals surface area contributed by atoms with Gasteiger partial charge in [-0.15, -0.1) is 11.3 Å². The number of ether oxygens (including phenoxy) is 1. The van der Waals surface area contributed by atoms with Crippen LogP contribution in [0.15, 0.2) is 17.5 Å². The van der Waals surface area contributed by atoms with Gasteiger partial charge in [0.15, 0.2) is 0 Å². The first-order chi connectivity index (χ1) is 10.2. The molecule has 3 N–H and O–H groups in total. The van der Waals surface area contributed by atoms with Crippen LogP contribution < -0.4 is 16.2 Å². The van der Waals surface area contributed by atoms with Gasteiger partial charge in [0.05, 0.1) is 24.1 Å². The molecule has 2 heterocycles. The van der Waals surface area contributed by atoms with Gasteiger partial charge in [0.25, 0.3) is 11.8 Å². The Morgan fingerprint density at radius 3 is 3.05 bits per heavy atom. The average Bonchev–Trinajstić information content (AvgIpc) is 3.00. The molecule has 1 aromatic heterocycles. The molecule has 2 rings (SSSR count). The molecule has 1 aliphatic heterocycles. The molecule has 116 valence electrons. The van der Waals surface area contributed by atoms with Crippen LogP contribution in [0.2, 0.25) is 0 Å². The van der Waals surface area contributed by atoms with E-state index < -0.39 is 0 Å². The molecular formula is C13H20N4O3S. The third kappa shape index (κ3) is 5.09. The van der Waals surface area contributed by atoms with Gasteiger partial charge in [0.1, 0.15) is 0 Å². The number of hydrogen-bond donors (Lipinski definition) is 3. The van der Waals surface area contributed by atoms with Crippen LogP contribution in [0, 0.1) is 0 Å². The maximum Gasteiger partial charge on any atom is 0.279 e. The maximum absolute atomic E-state index is 11.8. The summed E-state index contributed by atoms with van der Waals surface area (Å²) in [5.74, 6) is -0.529. The van der Waals surface area contributed by atoms with E-state index >= 15 is 0 Å². The van der Waals surface area contributed by atoms with Crippen LogP contribution in [0.5, 0.6) is 0 Å². The summed E-state index contributed by atoms with van der Waals surface area (Å²) in [5, 5.41) is 4.87. The predicted octanol–water partition coefficient (Wildman–Crippen LogP) is -0.571. The van der Waals surface area contributed by atoms with Gasteiger partial charge in [-0.1, -0.05) is 6.07 Å². The first kappa shape index (κ1) is 15.9. The van der Waals surface area contributed by atoms with E-state index in [9.17, 15) is 9.59 Å². The van der Waals surface area contributed by atoms with Crippen LogP contribution in [0.1, 0.15) is 9.67 Å². The molecule has 0 spiro atoms. The molecule has 1 fully saturated rings. The molecule has 1 aliphatic rings. The summed E-state index contributed by atoms with van der Waals surface area (Å²) in [6.07, 6.45) is 0.0947. The van der Waals surface area contributed by atoms with Gasteiger partial charge >= 0.3 is 0 Å². The fourth-order valence-electron chi connectivity index (χ4n) is 2.11. The number of carbonyl (C=O) groups is 2. The largest absolute Gasteiger partial charge is 0.374 e. The van der Waals surface area contributed by atoms with E-state index in [-0.39, 0.29) is 24.5 Å². The van der Waals surface area contributed by atoms with Crippen LogP contribution >= 0.6 is 11.3 Å². The molecule has 1 aromatic rings. The average molecular weight is 312 g/mol. The normalized spacial score (nSPS) is 19.2. The minimum absolute atomic E-state index is 0.0947. The highest BCUT2D eigenvalue weighted by Gasteiger charge is 2.21.